The second-order valence-electron chi connectivity index (χ2n) is 12.1. The molecule has 0 unspecified atom stereocenters. The van der Waals surface area contributed by atoms with Gasteiger partial charge in [0.15, 0.2) is 5.54 Å². The smallest absolute Gasteiger partial charge is 0.383 e. The van der Waals surface area contributed by atoms with Crippen LogP contribution in [0.15, 0.2) is 67.0 Å². The molecule has 0 amide bonds. The van der Waals surface area contributed by atoms with Crippen LogP contribution in [-0.4, -0.2) is 37.7 Å². The molecule has 1 atom stereocenters. The third kappa shape index (κ3) is 5.71. The molecule has 46 heavy (non-hydrogen) atoms. The summed E-state index contributed by atoms with van der Waals surface area (Å²) in [6.45, 7) is 6.26. The van der Waals surface area contributed by atoms with E-state index in [0.29, 0.717) is 45.6 Å². The fourth-order valence-corrected chi connectivity index (χ4v) is 5.89. The van der Waals surface area contributed by atoms with Gasteiger partial charge in [-0.05, 0) is 43.5 Å². The first-order chi connectivity index (χ1) is 21.8. The van der Waals surface area contributed by atoms with Gasteiger partial charge in [-0.1, -0.05) is 67.1 Å². The number of anilines is 2. The first kappa shape index (κ1) is 31.2. The van der Waals surface area contributed by atoms with Crippen LogP contribution in [0.2, 0.25) is 5.02 Å². The molecule has 5 aromatic rings. The Hall–Kier alpha value is -4.76. The van der Waals surface area contributed by atoms with E-state index in [4.69, 9.17) is 11.6 Å². The average Bonchev–Trinajstić information content (AvgIpc) is 3.70. The highest BCUT2D eigenvalue weighted by Gasteiger charge is 2.66. The normalized spacial score (nSPS) is 14.9. The highest BCUT2D eigenvalue weighted by atomic mass is 35.5. The quantitative estimate of drug-likeness (QED) is 0.124. The summed E-state index contributed by atoms with van der Waals surface area (Å²) < 4.78 is 56.5. The summed E-state index contributed by atoms with van der Waals surface area (Å²) in [5.74, 6) is -0.698. The van der Waals surface area contributed by atoms with Crippen molar-refractivity contribution < 1.29 is 17.6 Å². The number of nitriles is 1. The Labute approximate surface area is 267 Å². The van der Waals surface area contributed by atoms with Crippen LogP contribution in [-0.2, 0) is 11.0 Å². The second kappa shape index (κ2) is 11.6. The van der Waals surface area contributed by atoms with E-state index < -0.39 is 23.7 Å². The van der Waals surface area contributed by atoms with Crippen LogP contribution >= 0.6 is 11.6 Å². The van der Waals surface area contributed by atoms with E-state index in [2.05, 4.69) is 50.8 Å². The van der Waals surface area contributed by atoms with Gasteiger partial charge < -0.3 is 10.6 Å². The Morgan fingerprint density at radius 2 is 1.85 bits per heavy atom. The number of fused-ring (bicyclic) bond motifs is 1. The zero-order chi connectivity index (χ0) is 32.9. The summed E-state index contributed by atoms with van der Waals surface area (Å²) in [6.07, 6.45) is -1.97. The number of hydrogen-bond acceptors (Lipinski definition) is 7. The summed E-state index contributed by atoms with van der Waals surface area (Å²) in [5.41, 5.74) is 1.43. The van der Waals surface area contributed by atoms with E-state index >= 15 is 0 Å². The van der Waals surface area contributed by atoms with Gasteiger partial charge in [0, 0.05) is 40.5 Å². The SMILES string of the molecule is Cc1nc(F)ccc1[C@H](Nc1cc(Cl)c2ncc(C#N)c(NCC(C)(C)c3ccccc3)c2c1)c1cn(C2(C(F)(F)F)CC2)nn1. The third-order valence-electron chi connectivity index (χ3n) is 8.52. The van der Waals surface area contributed by atoms with Crippen molar-refractivity contribution in [3.63, 3.8) is 0 Å². The molecule has 0 saturated heterocycles. The van der Waals surface area contributed by atoms with Crippen molar-refractivity contribution in [2.75, 3.05) is 17.2 Å². The number of pyridine rings is 2. The lowest BCUT2D eigenvalue weighted by atomic mass is 9.84. The summed E-state index contributed by atoms with van der Waals surface area (Å²) in [7, 11) is 0. The molecule has 2 N–H and O–H groups in total. The molecule has 0 bridgehead atoms. The van der Waals surface area contributed by atoms with E-state index in [1.165, 1.54) is 24.5 Å². The first-order valence-electron chi connectivity index (χ1n) is 14.5. The Bertz CT molecular complexity index is 1960. The number of alkyl halides is 3. The van der Waals surface area contributed by atoms with Crippen molar-refractivity contribution >= 4 is 33.9 Å². The molecule has 0 aliphatic heterocycles. The van der Waals surface area contributed by atoms with Gasteiger partial charge in [-0.3, -0.25) is 4.98 Å². The molecule has 8 nitrogen and oxygen atoms in total. The van der Waals surface area contributed by atoms with Gasteiger partial charge >= 0.3 is 6.18 Å². The van der Waals surface area contributed by atoms with Crippen LogP contribution in [0.5, 0.6) is 0 Å². The van der Waals surface area contributed by atoms with Crippen molar-refractivity contribution in [2.45, 2.75) is 56.8 Å². The Morgan fingerprint density at radius 1 is 1.11 bits per heavy atom. The molecule has 2 aromatic carbocycles. The zero-order valence-corrected chi connectivity index (χ0v) is 25.9. The van der Waals surface area contributed by atoms with Gasteiger partial charge in [-0.15, -0.1) is 5.10 Å². The van der Waals surface area contributed by atoms with Crippen molar-refractivity contribution in [1.82, 2.24) is 25.0 Å². The molecule has 3 aromatic heterocycles. The molecule has 1 fully saturated rings. The molecule has 1 aliphatic rings. The first-order valence-corrected chi connectivity index (χ1v) is 14.9. The summed E-state index contributed by atoms with van der Waals surface area (Å²) in [5, 5.41) is 25.5. The maximum Gasteiger partial charge on any atom is 0.413 e. The van der Waals surface area contributed by atoms with Crippen molar-refractivity contribution in [3.05, 3.63) is 106 Å². The lowest BCUT2D eigenvalue weighted by Gasteiger charge is -2.27. The predicted molar refractivity (Wildman–Crippen MR) is 167 cm³/mol. The minimum Gasteiger partial charge on any atom is -0.383 e. The van der Waals surface area contributed by atoms with E-state index in [9.17, 15) is 22.8 Å². The third-order valence-corrected chi connectivity index (χ3v) is 8.81. The number of nitrogens with zero attached hydrogens (tertiary/aromatic N) is 6. The molecule has 0 radical (unpaired) electrons. The summed E-state index contributed by atoms with van der Waals surface area (Å²) in [4.78, 5) is 8.35. The topological polar surface area (TPSA) is 104 Å². The predicted octanol–water partition coefficient (Wildman–Crippen LogP) is 7.84. The average molecular weight is 649 g/mol. The molecule has 1 saturated carbocycles. The van der Waals surface area contributed by atoms with Gasteiger partial charge in [0.2, 0.25) is 5.95 Å². The largest absolute Gasteiger partial charge is 0.413 e. The van der Waals surface area contributed by atoms with Crippen LogP contribution in [0.25, 0.3) is 10.9 Å². The molecular weight excluding hydrogens is 620 g/mol. The molecular formula is C33H29ClF4N8. The lowest BCUT2D eigenvalue weighted by Crippen LogP contribution is -2.35. The second-order valence-corrected chi connectivity index (χ2v) is 12.5. The molecule has 3 heterocycles. The van der Waals surface area contributed by atoms with E-state index in [1.54, 1.807) is 19.1 Å². The van der Waals surface area contributed by atoms with E-state index in [1.807, 2.05) is 30.3 Å². The highest BCUT2D eigenvalue weighted by Crippen LogP contribution is 2.55. The number of nitrogens with one attached hydrogen (secondary N) is 2. The van der Waals surface area contributed by atoms with Crippen molar-refractivity contribution in [1.29, 1.82) is 5.26 Å². The van der Waals surface area contributed by atoms with Crippen molar-refractivity contribution in [2.24, 2.45) is 0 Å². The van der Waals surface area contributed by atoms with Crippen LogP contribution in [0.1, 0.15) is 60.8 Å². The number of hydrogen-bond donors (Lipinski definition) is 2. The summed E-state index contributed by atoms with van der Waals surface area (Å²) >= 11 is 6.73. The number of aryl methyl sites for hydroxylation is 1. The number of rotatable bonds is 9. The maximum absolute atomic E-state index is 14.0. The van der Waals surface area contributed by atoms with Gasteiger partial charge in [0.25, 0.3) is 0 Å². The number of aromatic nitrogens is 5. The molecule has 6 rings (SSSR count). The van der Waals surface area contributed by atoms with Crippen LogP contribution in [0.4, 0.5) is 28.9 Å². The van der Waals surface area contributed by atoms with Crippen LogP contribution < -0.4 is 10.6 Å². The zero-order valence-electron chi connectivity index (χ0n) is 25.1. The number of halogens is 5. The highest BCUT2D eigenvalue weighted by molar-refractivity contribution is 6.35. The molecule has 13 heteroatoms. The van der Waals surface area contributed by atoms with Crippen LogP contribution in [0.3, 0.4) is 0 Å². The monoisotopic (exact) mass is 648 g/mol. The van der Waals surface area contributed by atoms with Gasteiger partial charge in [0.1, 0.15) is 11.8 Å². The van der Waals surface area contributed by atoms with E-state index in [-0.39, 0.29) is 29.0 Å². The van der Waals surface area contributed by atoms with Gasteiger partial charge in [0.05, 0.1) is 34.0 Å². The fraction of sp³-hybridized carbons (Fsp3) is 0.303. The molecule has 236 valence electrons. The van der Waals surface area contributed by atoms with Crippen LogP contribution in [0, 0.1) is 24.2 Å². The number of benzene rings is 2. The van der Waals surface area contributed by atoms with Crippen molar-refractivity contribution in [3.8, 4) is 6.07 Å². The van der Waals surface area contributed by atoms with Gasteiger partial charge in [-0.2, -0.15) is 22.8 Å². The standard InChI is InChI=1S/C33H29ClF4N8/c1-19-23(9-10-27(35)42-19)30(26-17-46(45-44-26)32(11-12-32)33(36,37)38)43-22-13-24-28(20(15-39)16-40-29(24)25(34)14-22)41-18-31(2,3)21-7-5-4-6-8-21/h4-10,13-14,16-17,30,43H,11-12,18H2,1-3H3,(H,40,41)/t30-/m0/s1. The van der Waals surface area contributed by atoms with Gasteiger partial charge in [-0.25, -0.2) is 9.67 Å². The van der Waals surface area contributed by atoms with E-state index in [0.717, 1.165) is 10.2 Å². The minimum absolute atomic E-state index is 0.0973. The maximum atomic E-state index is 14.0. The fourth-order valence-electron chi connectivity index (χ4n) is 5.62. The minimum atomic E-state index is -4.50. The lowest BCUT2D eigenvalue weighted by molar-refractivity contribution is -0.182. The Morgan fingerprint density at radius 3 is 2.50 bits per heavy atom. The molecule has 0 spiro atoms. The summed E-state index contributed by atoms with van der Waals surface area (Å²) in [6, 6.07) is 17.4. The Kier molecular flexibility index (Phi) is 7.84. The Balaban J connectivity index is 1.41. The molecule has 1 aliphatic carbocycles.